The molecular weight excluding hydrogens is 248 g/mol. The van der Waals surface area contributed by atoms with E-state index < -0.39 is 5.97 Å². The third kappa shape index (κ3) is 3.04. The van der Waals surface area contributed by atoms with Crippen LogP contribution in [0.5, 0.6) is 11.5 Å². The molecular formula is C13H14N2O4. The van der Waals surface area contributed by atoms with Gasteiger partial charge in [0.25, 0.3) is 0 Å². The highest BCUT2D eigenvalue weighted by Gasteiger charge is 2.08. The van der Waals surface area contributed by atoms with E-state index in [0.717, 1.165) is 5.56 Å². The molecule has 0 spiro atoms. The van der Waals surface area contributed by atoms with Crippen LogP contribution in [0.25, 0.3) is 0 Å². The largest absolute Gasteiger partial charge is 0.493 e. The highest BCUT2D eigenvalue weighted by Crippen LogP contribution is 2.27. The number of carboxylic acid groups (broad SMARTS) is 1. The summed E-state index contributed by atoms with van der Waals surface area (Å²) in [7, 11) is 1.57. The molecule has 0 aliphatic heterocycles. The van der Waals surface area contributed by atoms with Gasteiger partial charge in [-0.25, -0.2) is 9.48 Å². The van der Waals surface area contributed by atoms with Crippen molar-refractivity contribution in [1.82, 2.24) is 9.78 Å². The van der Waals surface area contributed by atoms with Gasteiger partial charge in [-0.3, -0.25) is 0 Å². The molecule has 0 amide bonds. The van der Waals surface area contributed by atoms with E-state index in [2.05, 4.69) is 5.10 Å². The monoisotopic (exact) mass is 262 g/mol. The van der Waals surface area contributed by atoms with Crippen molar-refractivity contribution in [3.63, 3.8) is 0 Å². The van der Waals surface area contributed by atoms with Crippen LogP contribution in [0.15, 0.2) is 30.5 Å². The van der Waals surface area contributed by atoms with E-state index in [1.165, 1.54) is 10.7 Å². The van der Waals surface area contributed by atoms with Gasteiger partial charge in [0.2, 0.25) is 0 Å². The minimum absolute atomic E-state index is 0.0144. The summed E-state index contributed by atoms with van der Waals surface area (Å²) in [6, 6.07) is 6.98. The summed E-state index contributed by atoms with van der Waals surface area (Å²) in [6.07, 6.45) is 1.55. The maximum absolute atomic E-state index is 10.7. The van der Waals surface area contributed by atoms with Crippen molar-refractivity contribution < 1.29 is 19.4 Å². The van der Waals surface area contributed by atoms with Gasteiger partial charge in [-0.2, -0.15) is 5.10 Å². The molecule has 0 atom stereocenters. The molecule has 0 aliphatic rings. The molecule has 6 heteroatoms. The number of aryl methyl sites for hydroxylation is 1. The zero-order valence-corrected chi connectivity index (χ0v) is 10.7. The van der Waals surface area contributed by atoms with Crippen molar-refractivity contribution in [2.75, 3.05) is 7.11 Å². The second-order valence-electron chi connectivity index (χ2n) is 3.97. The molecule has 2 rings (SSSR count). The molecule has 0 aliphatic carbocycles. The minimum atomic E-state index is -1.06. The smallest absolute Gasteiger partial charge is 0.356 e. The Kier molecular flexibility index (Phi) is 3.70. The van der Waals surface area contributed by atoms with E-state index in [4.69, 9.17) is 14.6 Å². The van der Waals surface area contributed by atoms with E-state index in [0.29, 0.717) is 11.5 Å². The van der Waals surface area contributed by atoms with Crippen LogP contribution >= 0.6 is 0 Å². The van der Waals surface area contributed by atoms with E-state index in [1.807, 2.05) is 19.1 Å². The Hall–Kier alpha value is -2.50. The number of methoxy groups -OCH3 is 1. The molecule has 0 saturated carbocycles. The highest BCUT2D eigenvalue weighted by molar-refractivity contribution is 5.84. The summed E-state index contributed by atoms with van der Waals surface area (Å²) in [5.41, 5.74) is 1.05. The first-order valence-electron chi connectivity index (χ1n) is 5.64. The predicted molar refractivity (Wildman–Crippen MR) is 67.5 cm³/mol. The van der Waals surface area contributed by atoms with Gasteiger partial charge >= 0.3 is 5.97 Å². The molecule has 0 saturated heterocycles. The SMILES string of the molecule is COc1cc(C)ccc1OCn1ccc(C(=O)O)n1. The summed E-state index contributed by atoms with van der Waals surface area (Å²) in [5.74, 6) is 0.151. The van der Waals surface area contributed by atoms with E-state index in [-0.39, 0.29) is 12.4 Å². The topological polar surface area (TPSA) is 73.6 Å². The van der Waals surface area contributed by atoms with Gasteiger partial charge in [0.05, 0.1) is 7.11 Å². The number of hydrogen-bond acceptors (Lipinski definition) is 4. The Morgan fingerprint density at radius 1 is 1.37 bits per heavy atom. The lowest BCUT2D eigenvalue weighted by Crippen LogP contribution is -2.08. The van der Waals surface area contributed by atoms with Crippen molar-refractivity contribution in [2.45, 2.75) is 13.7 Å². The second-order valence-corrected chi connectivity index (χ2v) is 3.97. The number of aromatic carboxylic acids is 1. The molecule has 100 valence electrons. The summed E-state index contributed by atoms with van der Waals surface area (Å²) in [6.45, 7) is 2.08. The Morgan fingerprint density at radius 2 is 2.16 bits per heavy atom. The minimum Gasteiger partial charge on any atom is -0.493 e. The van der Waals surface area contributed by atoms with Gasteiger partial charge in [0.15, 0.2) is 23.9 Å². The van der Waals surface area contributed by atoms with Gasteiger partial charge in [0, 0.05) is 6.20 Å². The number of carbonyl (C=O) groups is 1. The Labute approximate surface area is 110 Å². The average Bonchev–Trinajstić information content (AvgIpc) is 2.86. The van der Waals surface area contributed by atoms with Crippen molar-refractivity contribution in [3.8, 4) is 11.5 Å². The predicted octanol–water partition coefficient (Wildman–Crippen LogP) is 1.93. The summed E-state index contributed by atoms with van der Waals surface area (Å²) < 4.78 is 12.2. The molecule has 1 aromatic carbocycles. The molecule has 19 heavy (non-hydrogen) atoms. The van der Waals surface area contributed by atoms with Crippen LogP contribution in [0.4, 0.5) is 0 Å². The van der Waals surface area contributed by atoms with Crippen LogP contribution in [-0.4, -0.2) is 28.0 Å². The molecule has 0 unspecified atom stereocenters. The van der Waals surface area contributed by atoms with Crippen LogP contribution in [0.2, 0.25) is 0 Å². The highest BCUT2D eigenvalue weighted by atomic mass is 16.5. The average molecular weight is 262 g/mol. The lowest BCUT2D eigenvalue weighted by molar-refractivity contribution is 0.0688. The maximum atomic E-state index is 10.7. The lowest BCUT2D eigenvalue weighted by atomic mass is 10.2. The Balaban J connectivity index is 2.07. The van der Waals surface area contributed by atoms with E-state index >= 15 is 0 Å². The van der Waals surface area contributed by atoms with Gasteiger partial charge in [-0.15, -0.1) is 0 Å². The van der Waals surface area contributed by atoms with Crippen LogP contribution in [0, 0.1) is 6.92 Å². The molecule has 6 nitrogen and oxygen atoms in total. The number of hydrogen-bond donors (Lipinski definition) is 1. The van der Waals surface area contributed by atoms with Crippen molar-refractivity contribution in [1.29, 1.82) is 0 Å². The zero-order valence-electron chi connectivity index (χ0n) is 10.7. The third-order valence-electron chi connectivity index (χ3n) is 2.53. The molecule has 1 heterocycles. The van der Waals surface area contributed by atoms with Gasteiger partial charge in [0.1, 0.15) is 0 Å². The van der Waals surface area contributed by atoms with Crippen LogP contribution in [-0.2, 0) is 6.73 Å². The fraction of sp³-hybridized carbons (Fsp3) is 0.231. The first kappa shape index (κ1) is 12.9. The summed E-state index contributed by atoms with van der Waals surface area (Å²) in [4.78, 5) is 10.7. The van der Waals surface area contributed by atoms with Crippen molar-refractivity contribution in [3.05, 3.63) is 41.7 Å². The van der Waals surface area contributed by atoms with E-state index in [9.17, 15) is 4.79 Å². The van der Waals surface area contributed by atoms with Crippen LogP contribution in [0.1, 0.15) is 16.1 Å². The standard InChI is InChI=1S/C13H14N2O4/c1-9-3-4-11(12(7-9)18-2)19-8-15-6-5-10(14-15)13(16)17/h3-7H,8H2,1-2H3,(H,16,17). The first-order valence-corrected chi connectivity index (χ1v) is 5.64. The number of aromatic nitrogens is 2. The molecule has 1 aromatic heterocycles. The quantitative estimate of drug-likeness (QED) is 0.891. The maximum Gasteiger partial charge on any atom is 0.356 e. The number of rotatable bonds is 5. The number of ether oxygens (including phenoxy) is 2. The van der Waals surface area contributed by atoms with Gasteiger partial charge in [-0.1, -0.05) is 6.07 Å². The molecule has 1 N–H and O–H groups in total. The molecule has 0 bridgehead atoms. The van der Waals surface area contributed by atoms with Gasteiger partial charge < -0.3 is 14.6 Å². The Morgan fingerprint density at radius 3 is 2.79 bits per heavy atom. The van der Waals surface area contributed by atoms with Crippen molar-refractivity contribution >= 4 is 5.97 Å². The molecule has 0 fully saturated rings. The van der Waals surface area contributed by atoms with Crippen LogP contribution < -0.4 is 9.47 Å². The number of carboxylic acids is 1. The van der Waals surface area contributed by atoms with Gasteiger partial charge in [-0.05, 0) is 30.7 Å². The molecule has 2 aromatic rings. The summed E-state index contributed by atoms with van der Waals surface area (Å²) in [5, 5.41) is 12.6. The number of benzene rings is 1. The molecule has 0 radical (unpaired) electrons. The third-order valence-corrected chi connectivity index (χ3v) is 2.53. The van der Waals surface area contributed by atoms with Crippen molar-refractivity contribution in [2.24, 2.45) is 0 Å². The first-order chi connectivity index (χ1) is 9.10. The van der Waals surface area contributed by atoms with E-state index in [1.54, 1.807) is 19.4 Å². The normalized spacial score (nSPS) is 10.2. The van der Waals surface area contributed by atoms with Crippen LogP contribution in [0.3, 0.4) is 0 Å². The zero-order chi connectivity index (χ0) is 13.8. The fourth-order valence-corrected chi connectivity index (χ4v) is 1.58. The fourth-order valence-electron chi connectivity index (χ4n) is 1.58. The summed E-state index contributed by atoms with van der Waals surface area (Å²) >= 11 is 0. The number of nitrogens with zero attached hydrogens (tertiary/aromatic N) is 2. The second kappa shape index (κ2) is 5.43. The Bertz CT molecular complexity index is 592. The lowest BCUT2D eigenvalue weighted by Gasteiger charge is -2.11.